The van der Waals surface area contributed by atoms with Crippen molar-refractivity contribution in [1.82, 2.24) is 0 Å². The van der Waals surface area contributed by atoms with Gasteiger partial charge in [0.25, 0.3) is 0 Å². The van der Waals surface area contributed by atoms with Crippen LogP contribution in [0.15, 0.2) is 122 Å². The first-order valence-electron chi connectivity index (χ1n) is 29.4. The number of esters is 3. The molecule has 0 amide bonds. The van der Waals surface area contributed by atoms with Crippen molar-refractivity contribution in [1.29, 1.82) is 0 Å². The van der Waals surface area contributed by atoms with Gasteiger partial charge in [0.05, 0.1) is 19.8 Å². The van der Waals surface area contributed by atoms with Gasteiger partial charge in [-0.3, -0.25) is 23.4 Å². The summed E-state index contributed by atoms with van der Waals surface area (Å²) in [5.41, 5.74) is 0. The molecule has 0 aromatic carbocycles. The monoisotopic (exact) mass is 1080 g/mol. The molecule has 0 saturated heterocycles. The first-order valence-corrected chi connectivity index (χ1v) is 30.9. The molecule has 0 bridgehead atoms. The third-order valence-corrected chi connectivity index (χ3v) is 12.8. The molecule has 0 aliphatic heterocycles. The molecule has 0 aliphatic rings. The Morgan fingerprint density at radius 2 is 0.724 bits per heavy atom. The molecule has 11 nitrogen and oxygen atoms in total. The second kappa shape index (κ2) is 57.1. The first kappa shape index (κ1) is 71.9. The average molecular weight is 1080 g/mol. The Morgan fingerprint density at radius 1 is 0.382 bits per heavy atom. The molecule has 0 rings (SSSR count). The van der Waals surface area contributed by atoms with Gasteiger partial charge in [-0.2, -0.15) is 0 Å². The van der Waals surface area contributed by atoms with Gasteiger partial charge in [-0.25, -0.2) is 4.57 Å². The number of aliphatic hydroxyl groups excluding tert-OH is 1. The zero-order chi connectivity index (χ0) is 55.5. The molecule has 0 heterocycles. The summed E-state index contributed by atoms with van der Waals surface area (Å²) in [5, 5.41) is 9.80. The van der Waals surface area contributed by atoms with Crippen LogP contribution in [-0.4, -0.2) is 66.5 Å². The predicted octanol–water partition coefficient (Wildman–Crippen LogP) is 17.6. The van der Waals surface area contributed by atoms with Crippen molar-refractivity contribution in [3.05, 3.63) is 122 Å². The smallest absolute Gasteiger partial charge is 0.462 e. The summed E-state index contributed by atoms with van der Waals surface area (Å²) in [6.45, 7) is 4.34. The van der Waals surface area contributed by atoms with Crippen LogP contribution in [0.5, 0.6) is 0 Å². The number of aliphatic hydroxyl groups is 1. The van der Waals surface area contributed by atoms with E-state index in [1.54, 1.807) is 0 Å². The van der Waals surface area contributed by atoms with E-state index in [1.165, 1.54) is 38.5 Å². The van der Waals surface area contributed by atoms with Crippen LogP contribution < -0.4 is 0 Å². The van der Waals surface area contributed by atoms with Crippen LogP contribution in [-0.2, 0) is 42.2 Å². The summed E-state index contributed by atoms with van der Waals surface area (Å²) in [4.78, 5) is 48.5. The molecular weight excluding hydrogens is 976 g/mol. The largest absolute Gasteiger partial charge is 0.472 e. The molecular formula is C64H105O11P. The Bertz CT molecular complexity index is 1740. The van der Waals surface area contributed by atoms with Gasteiger partial charge < -0.3 is 24.2 Å². The maximum Gasteiger partial charge on any atom is 0.472 e. The van der Waals surface area contributed by atoms with Crippen LogP contribution in [0.3, 0.4) is 0 Å². The molecule has 0 aromatic heterocycles. The van der Waals surface area contributed by atoms with Crippen LogP contribution in [0.1, 0.15) is 226 Å². The van der Waals surface area contributed by atoms with Gasteiger partial charge in [0, 0.05) is 19.3 Å². The number of unbranched alkanes of at least 4 members (excludes halogenated alkanes) is 16. The summed E-state index contributed by atoms with van der Waals surface area (Å²) in [6, 6.07) is 0. The zero-order valence-corrected chi connectivity index (χ0v) is 48.6. The fourth-order valence-electron chi connectivity index (χ4n) is 7.37. The van der Waals surface area contributed by atoms with Gasteiger partial charge in [0.1, 0.15) is 12.7 Å². The van der Waals surface area contributed by atoms with E-state index in [9.17, 15) is 28.9 Å². The Labute approximate surface area is 462 Å². The third kappa shape index (κ3) is 54.7. The Balaban J connectivity index is 4.88. The highest BCUT2D eigenvalue weighted by Gasteiger charge is 2.28. The number of carbonyl (C=O) groups is 3. The molecule has 2 N–H and O–H groups in total. The Morgan fingerprint density at radius 3 is 1.18 bits per heavy atom. The Kier molecular flexibility index (Phi) is 54.0. The van der Waals surface area contributed by atoms with E-state index in [0.717, 1.165) is 122 Å². The van der Waals surface area contributed by atoms with Crippen molar-refractivity contribution in [2.45, 2.75) is 238 Å². The summed E-state index contributed by atoms with van der Waals surface area (Å²) in [5.74, 6) is -1.60. The lowest BCUT2D eigenvalue weighted by molar-refractivity contribution is -0.161. The number of hydrogen-bond acceptors (Lipinski definition) is 10. The van der Waals surface area contributed by atoms with Crippen molar-refractivity contribution in [2.24, 2.45) is 0 Å². The van der Waals surface area contributed by atoms with E-state index >= 15 is 0 Å². The van der Waals surface area contributed by atoms with Crippen molar-refractivity contribution in [3.8, 4) is 0 Å². The molecule has 0 radical (unpaired) electrons. The minimum atomic E-state index is -4.78. The predicted molar refractivity (Wildman–Crippen MR) is 316 cm³/mol. The number of phosphoric acid groups is 1. The lowest BCUT2D eigenvalue weighted by atomic mass is 10.1. The van der Waals surface area contributed by atoms with Gasteiger partial charge in [0.15, 0.2) is 6.10 Å². The highest BCUT2D eigenvalue weighted by atomic mass is 31.2. The summed E-state index contributed by atoms with van der Waals surface area (Å²) >= 11 is 0. The highest BCUT2D eigenvalue weighted by molar-refractivity contribution is 7.47. The average Bonchev–Trinajstić information content (AvgIpc) is 3.41. The molecule has 0 aliphatic carbocycles. The van der Waals surface area contributed by atoms with Crippen LogP contribution in [0.25, 0.3) is 0 Å². The van der Waals surface area contributed by atoms with E-state index in [2.05, 4.69) is 130 Å². The minimum absolute atomic E-state index is 0.0330. The second-order valence-corrected chi connectivity index (χ2v) is 20.5. The number of hydrogen-bond donors (Lipinski definition) is 2. The molecule has 76 heavy (non-hydrogen) atoms. The van der Waals surface area contributed by atoms with E-state index in [-0.39, 0.29) is 25.9 Å². The quantitative estimate of drug-likeness (QED) is 0.0197. The number of allylic oxidation sites excluding steroid dienone is 20. The fourth-order valence-corrected chi connectivity index (χ4v) is 8.15. The minimum Gasteiger partial charge on any atom is -0.462 e. The maximum absolute atomic E-state index is 12.9. The SMILES string of the molecule is CC/C=C\C/C=C\C/C=C\C/C=C\C/C=C\C/C=C\CCC(=O)OC(COC(=O)CCCCCCCC/C=C\C/C=C\C/C=C\CCCCC)COP(=O)(O)OCC(CO)OC(=O)CCCCCCC/C=C\CCCC. The van der Waals surface area contributed by atoms with Gasteiger partial charge in [-0.05, 0) is 116 Å². The van der Waals surface area contributed by atoms with Crippen molar-refractivity contribution in [2.75, 3.05) is 26.4 Å². The first-order chi connectivity index (χ1) is 37.2. The molecule has 0 fully saturated rings. The number of carbonyl (C=O) groups excluding carboxylic acids is 3. The molecule has 3 atom stereocenters. The van der Waals surface area contributed by atoms with Gasteiger partial charge >= 0.3 is 25.7 Å². The summed E-state index contributed by atoms with van der Waals surface area (Å²) < 4.78 is 39.4. The van der Waals surface area contributed by atoms with Crippen molar-refractivity contribution < 1.29 is 52.2 Å². The lowest BCUT2D eigenvalue weighted by Crippen LogP contribution is -2.30. The van der Waals surface area contributed by atoms with E-state index in [0.29, 0.717) is 25.7 Å². The van der Waals surface area contributed by atoms with E-state index < -0.39 is 57.8 Å². The third-order valence-electron chi connectivity index (χ3n) is 11.9. The van der Waals surface area contributed by atoms with Gasteiger partial charge in [0.2, 0.25) is 0 Å². The molecule has 0 aromatic rings. The lowest BCUT2D eigenvalue weighted by Gasteiger charge is -2.21. The summed E-state index contributed by atoms with van der Waals surface area (Å²) in [7, 11) is -4.78. The highest BCUT2D eigenvalue weighted by Crippen LogP contribution is 2.43. The van der Waals surface area contributed by atoms with Gasteiger partial charge in [-0.1, -0.05) is 213 Å². The topological polar surface area (TPSA) is 155 Å². The number of ether oxygens (including phenoxy) is 3. The Hall–Kier alpha value is -4.12. The molecule has 3 unspecified atom stereocenters. The number of phosphoric ester groups is 1. The van der Waals surface area contributed by atoms with E-state index in [1.807, 2.05) is 12.2 Å². The van der Waals surface area contributed by atoms with E-state index in [4.69, 9.17) is 23.3 Å². The normalized spacial score (nSPS) is 14.2. The fraction of sp³-hybridized carbons (Fsp3) is 0.641. The molecule has 432 valence electrons. The van der Waals surface area contributed by atoms with Gasteiger partial charge in [-0.15, -0.1) is 0 Å². The standard InChI is InChI=1S/C64H105O11P/c1-4-7-10-13-16-19-22-24-26-28-30-32-34-36-39-41-44-47-50-53-62(66)71-57-61(75-64(68)55-52-49-46-43-40-37-35-33-31-29-27-25-23-20-17-14-11-8-5-2)59-73-76(69,70)72-58-60(56-65)74-63(67)54-51-48-45-42-38-21-18-15-12-9-6-3/h8,11,15-20,24-27,30-33,37,40,46,49,60-61,65H,4-7,9-10,12-14,21-23,28-29,34-36,38-39,41-45,47-48,50-59H2,1-3H3,(H,69,70)/b11-8-,18-15-,19-16-,20-17-,26-24-,27-25-,32-30-,33-31-,40-37-,49-46-. The second-order valence-electron chi connectivity index (χ2n) is 19.1. The molecule has 0 saturated carbocycles. The van der Waals surface area contributed by atoms with Crippen LogP contribution >= 0.6 is 7.82 Å². The van der Waals surface area contributed by atoms with Crippen LogP contribution in [0, 0.1) is 0 Å². The van der Waals surface area contributed by atoms with Crippen molar-refractivity contribution >= 4 is 25.7 Å². The maximum atomic E-state index is 12.9. The van der Waals surface area contributed by atoms with Crippen LogP contribution in [0.2, 0.25) is 0 Å². The van der Waals surface area contributed by atoms with Crippen molar-refractivity contribution in [3.63, 3.8) is 0 Å². The number of rotatable bonds is 53. The zero-order valence-electron chi connectivity index (χ0n) is 47.7. The summed E-state index contributed by atoms with van der Waals surface area (Å²) in [6.07, 6.45) is 70.3. The van der Waals surface area contributed by atoms with Crippen LogP contribution in [0.4, 0.5) is 0 Å². The molecule has 0 spiro atoms. The molecule has 12 heteroatoms.